The molecule has 24 heavy (non-hydrogen) atoms. The van der Waals surface area contributed by atoms with Crippen molar-refractivity contribution in [2.45, 2.75) is 12.8 Å². The summed E-state index contributed by atoms with van der Waals surface area (Å²) in [6.45, 7) is 0.0731. The Morgan fingerprint density at radius 3 is 2.79 bits per heavy atom. The minimum absolute atomic E-state index is 0.0393. The number of hydrogen-bond acceptors (Lipinski definition) is 2. The van der Waals surface area contributed by atoms with Gasteiger partial charge in [0.2, 0.25) is 11.8 Å². The first-order valence-electron chi connectivity index (χ1n) is 7.96. The van der Waals surface area contributed by atoms with Crippen LogP contribution < -0.4 is 10.2 Å². The van der Waals surface area contributed by atoms with Crippen LogP contribution in [0.25, 0.3) is 10.9 Å². The normalized spacial score (nSPS) is 13.7. The number of fused-ring (bicyclic) bond motifs is 2. The monoisotopic (exact) mass is 319 g/mol. The second-order valence-corrected chi connectivity index (χ2v) is 5.90. The first-order chi connectivity index (χ1) is 11.7. The third-order valence-electron chi connectivity index (χ3n) is 4.35. The number of carbonyl (C=O) groups is 2. The van der Waals surface area contributed by atoms with Gasteiger partial charge in [0.15, 0.2) is 0 Å². The maximum Gasteiger partial charge on any atom is 0.244 e. The van der Waals surface area contributed by atoms with E-state index in [1.807, 2.05) is 48.7 Å². The van der Waals surface area contributed by atoms with Gasteiger partial charge in [-0.25, -0.2) is 0 Å². The Morgan fingerprint density at radius 1 is 1.08 bits per heavy atom. The van der Waals surface area contributed by atoms with Crippen LogP contribution in [0.15, 0.2) is 54.7 Å². The molecule has 2 N–H and O–H groups in total. The molecule has 0 atom stereocenters. The minimum atomic E-state index is -0.158. The van der Waals surface area contributed by atoms with Crippen LogP contribution in [0.5, 0.6) is 0 Å². The van der Waals surface area contributed by atoms with Crippen molar-refractivity contribution in [3.8, 4) is 0 Å². The largest absolute Gasteiger partial charge is 0.361 e. The Labute approximate surface area is 139 Å². The summed E-state index contributed by atoms with van der Waals surface area (Å²) in [7, 11) is 0. The maximum absolute atomic E-state index is 12.7. The molecule has 5 heteroatoms. The van der Waals surface area contributed by atoms with Gasteiger partial charge in [0.05, 0.1) is 11.4 Å². The predicted octanol–water partition coefficient (Wildman–Crippen LogP) is 3.09. The third kappa shape index (κ3) is 2.54. The van der Waals surface area contributed by atoms with Gasteiger partial charge in [-0.15, -0.1) is 0 Å². The lowest BCUT2D eigenvalue weighted by Crippen LogP contribution is -2.42. The number of rotatable bonds is 3. The van der Waals surface area contributed by atoms with E-state index in [-0.39, 0.29) is 18.4 Å². The summed E-state index contributed by atoms with van der Waals surface area (Å²) in [5.74, 6) is -0.197. The SMILES string of the molecule is O=C1CN(C(=O)CCc2c[nH]c3ccccc23)c2ccccc2N1. The van der Waals surface area contributed by atoms with E-state index < -0.39 is 0 Å². The smallest absolute Gasteiger partial charge is 0.244 e. The first kappa shape index (κ1) is 14.5. The molecule has 0 fully saturated rings. The summed E-state index contributed by atoms with van der Waals surface area (Å²) >= 11 is 0. The van der Waals surface area contributed by atoms with E-state index in [2.05, 4.69) is 16.4 Å². The van der Waals surface area contributed by atoms with Crippen molar-refractivity contribution < 1.29 is 9.59 Å². The van der Waals surface area contributed by atoms with Gasteiger partial charge < -0.3 is 15.2 Å². The van der Waals surface area contributed by atoms with Crippen molar-refractivity contribution in [1.29, 1.82) is 0 Å². The lowest BCUT2D eigenvalue weighted by molar-refractivity contribution is -0.121. The number of nitrogens with zero attached hydrogens (tertiary/aromatic N) is 1. The van der Waals surface area contributed by atoms with Crippen LogP contribution in [0, 0.1) is 0 Å². The summed E-state index contributed by atoms with van der Waals surface area (Å²) in [5, 5.41) is 3.94. The van der Waals surface area contributed by atoms with Gasteiger partial charge >= 0.3 is 0 Å². The molecule has 0 saturated heterocycles. The second kappa shape index (κ2) is 5.85. The van der Waals surface area contributed by atoms with Crippen LogP contribution in [-0.4, -0.2) is 23.3 Å². The van der Waals surface area contributed by atoms with E-state index in [4.69, 9.17) is 0 Å². The highest BCUT2D eigenvalue weighted by atomic mass is 16.2. The van der Waals surface area contributed by atoms with E-state index in [0.717, 1.165) is 22.2 Å². The zero-order valence-electron chi connectivity index (χ0n) is 13.1. The van der Waals surface area contributed by atoms with Gasteiger partial charge in [-0.2, -0.15) is 0 Å². The molecule has 0 bridgehead atoms. The summed E-state index contributed by atoms with van der Waals surface area (Å²) in [6, 6.07) is 15.4. The van der Waals surface area contributed by atoms with Crippen molar-refractivity contribution in [3.05, 3.63) is 60.3 Å². The molecule has 0 unspecified atom stereocenters. The zero-order chi connectivity index (χ0) is 16.5. The average molecular weight is 319 g/mol. The lowest BCUT2D eigenvalue weighted by Gasteiger charge is -2.29. The molecule has 2 amide bonds. The topological polar surface area (TPSA) is 65.2 Å². The molecule has 1 aromatic heterocycles. The summed E-state index contributed by atoms with van der Waals surface area (Å²) in [4.78, 5) is 29.3. The first-order valence-corrected chi connectivity index (χ1v) is 7.96. The van der Waals surface area contributed by atoms with Gasteiger partial charge in [0, 0.05) is 23.5 Å². The number of aromatic amines is 1. The van der Waals surface area contributed by atoms with Crippen molar-refractivity contribution in [1.82, 2.24) is 4.98 Å². The van der Waals surface area contributed by atoms with Gasteiger partial charge in [0.1, 0.15) is 6.54 Å². The highest BCUT2D eigenvalue weighted by Gasteiger charge is 2.26. The van der Waals surface area contributed by atoms with E-state index in [0.29, 0.717) is 18.5 Å². The van der Waals surface area contributed by atoms with Crippen molar-refractivity contribution in [2.75, 3.05) is 16.8 Å². The Hall–Kier alpha value is -3.08. The fourth-order valence-corrected chi connectivity index (χ4v) is 3.17. The van der Waals surface area contributed by atoms with Crippen LogP contribution >= 0.6 is 0 Å². The summed E-state index contributed by atoms with van der Waals surface area (Å²) < 4.78 is 0. The second-order valence-electron chi connectivity index (χ2n) is 5.90. The fraction of sp³-hybridized carbons (Fsp3) is 0.158. The van der Waals surface area contributed by atoms with Gasteiger partial charge in [-0.1, -0.05) is 30.3 Å². The molecule has 0 radical (unpaired) electrons. The van der Waals surface area contributed by atoms with Crippen LogP contribution in [-0.2, 0) is 16.0 Å². The number of para-hydroxylation sites is 3. The molecule has 5 nitrogen and oxygen atoms in total. The maximum atomic E-state index is 12.7. The minimum Gasteiger partial charge on any atom is -0.361 e. The number of anilines is 2. The number of H-pyrrole nitrogens is 1. The Balaban J connectivity index is 1.53. The van der Waals surface area contributed by atoms with Gasteiger partial charge in [0.25, 0.3) is 0 Å². The Bertz CT molecular complexity index is 929. The number of hydrogen-bond donors (Lipinski definition) is 2. The summed E-state index contributed by atoms with van der Waals surface area (Å²) in [6.07, 6.45) is 2.96. The molecular formula is C19H17N3O2. The molecule has 3 aromatic rings. The zero-order valence-corrected chi connectivity index (χ0v) is 13.1. The molecule has 1 aliphatic rings. The van der Waals surface area contributed by atoms with E-state index in [9.17, 15) is 9.59 Å². The molecule has 0 spiro atoms. The highest BCUT2D eigenvalue weighted by molar-refractivity contribution is 6.09. The van der Waals surface area contributed by atoms with Crippen LogP contribution in [0.4, 0.5) is 11.4 Å². The van der Waals surface area contributed by atoms with E-state index in [1.165, 1.54) is 0 Å². The number of aryl methyl sites for hydroxylation is 1. The van der Waals surface area contributed by atoms with E-state index >= 15 is 0 Å². The van der Waals surface area contributed by atoms with Crippen LogP contribution in [0.2, 0.25) is 0 Å². The fourth-order valence-electron chi connectivity index (χ4n) is 3.17. The highest BCUT2D eigenvalue weighted by Crippen LogP contribution is 2.29. The molecular weight excluding hydrogens is 302 g/mol. The molecule has 120 valence electrons. The van der Waals surface area contributed by atoms with Gasteiger partial charge in [-0.3, -0.25) is 9.59 Å². The molecule has 4 rings (SSSR count). The van der Waals surface area contributed by atoms with Crippen LogP contribution in [0.3, 0.4) is 0 Å². The number of amides is 2. The summed E-state index contributed by atoms with van der Waals surface area (Å²) in [5.41, 5.74) is 3.64. The molecule has 1 aliphatic heterocycles. The molecule has 2 heterocycles. The van der Waals surface area contributed by atoms with Crippen molar-refractivity contribution in [3.63, 3.8) is 0 Å². The molecule has 0 saturated carbocycles. The standard InChI is InChI=1S/C19H17N3O2/c23-18-12-22(17-8-4-3-7-16(17)21-18)19(24)10-9-13-11-20-15-6-2-1-5-14(13)15/h1-8,11,20H,9-10,12H2,(H,21,23). The Morgan fingerprint density at radius 2 is 1.88 bits per heavy atom. The van der Waals surface area contributed by atoms with Crippen molar-refractivity contribution in [2.24, 2.45) is 0 Å². The lowest BCUT2D eigenvalue weighted by atomic mass is 10.1. The quantitative estimate of drug-likeness (QED) is 0.779. The molecule has 0 aliphatic carbocycles. The number of aromatic nitrogens is 1. The third-order valence-corrected chi connectivity index (χ3v) is 4.35. The van der Waals surface area contributed by atoms with Gasteiger partial charge in [-0.05, 0) is 30.2 Å². The predicted molar refractivity (Wildman–Crippen MR) is 94.0 cm³/mol. The number of benzene rings is 2. The van der Waals surface area contributed by atoms with Crippen LogP contribution in [0.1, 0.15) is 12.0 Å². The molecule has 2 aromatic carbocycles. The Kier molecular flexibility index (Phi) is 3.54. The number of nitrogens with one attached hydrogen (secondary N) is 2. The van der Waals surface area contributed by atoms with E-state index in [1.54, 1.807) is 4.90 Å². The van der Waals surface area contributed by atoms with Crippen molar-refractivity contribution >= 4 is 34.1 Å². The average Bonchev–Trinajstić information content (AvgIpc) is 3.02. The number of carbonyl (C=O) groups excluding carboxylic acids is 2.